The largest absolute Gasteiger partial charge is 0.446 e. The molecule has 0 unspecified atom stereocenters. The molecule has 0 radical (unpaired) electrons. The Morgan fingerprint density at radius 2 is 1.64 bits per heavy atom. The standard InChI is InChI=1S/C35H51N5O4/c1-3-36-34(42)29-15-12-22-40(27-29)21-11-5-8-18-33(41)38(2)25-26-39-23-19-30(20-24-39)44-35(43)37-32-17-10-9-16-31(32)28-13-6-4-7-14-28/h4,6-7,9-10,13-14,16-17,29-30H,3,5,8,11-12,15,18-27H2,1-2H3,(H,36,42)(H,37,43)/t29-/m1/s1. The third-order valence-electron chi connectivity index (χ3n) is 8.83. The Kier molecular flexibility index (Phi) is 13.5. The predicted molar refractivity (Wildman–Crippen MR) is 175 cm³/mol. The summed E-state index contributed by atoms with van der Waals surface area (Å²) in [6.45, 7) is 8.80. The molecule has 0 spiro atoms. The summed E-state index contributed by atoms with van der Waals surface area (Å²) in [7, 11) is 1.89. The fraction of sp³-hybridized carbons (Fsp3) is 0.571. The van der Waals surface area contributed by atoms with Crippen LogP contribution in [0, 0.1) is 5.92 Å². The monoisotopic (exact) mass is 605 g/mol. The number of hydrogen-bond donors (Lipinski definition) is 2. The second-order valence-electron chi connectivity index (χ2n) is 12.1. The molecule has 0 aliphatic carbocycles. The highest BCUT2D eigenvalue weighted by Gasteiger charge is 2.25. The average molecular weight is 606 g/mol. The van der Waals surface area contributed by atoms with E-state index in [2.05, 4.69) is 20.4 Å². The van der Waals surface area contributed by atoms with Crippen LogP contribution in [0.4, 0.5) is 10.5 Å². The minimum atomic E-state index is -0.420. The van der Waals surface area contributed by atoms with Crippen molar-refractivity contribution in [2.45, 2.75) is 64.4 Å². The topological polar surface area (TPSA) is 94.2 Å². The lowest BCUT2D eigenvalue weighted by molar-refractivity contribution is -0.130. The second-order valence-corrected chi connectivity index (χ2v) is 12.1. The number of nitrogens with one attached hydrogen (secondary N) is 2. The third kappa shape index (κ3) is 10.6. The van der Waals surface area contributed by atoms with Crippen LogP contribution < -0.4 is 10.6 Å². The first-order valence-corrected chi connectivity index (χ1v) is 16.5. The number of unbranched alkanes of at least 4 members (excludes halogenated alkanes) is 2. The number of amides is 3. The van der Waals surface area contributed by atoms with Crippen molar-refractivity contribution in [3.63, 3.8) is 0 Å². The lowest BCUT2D eigenvalue weighted by Crippen LogP contribution is -2.43. The first-order chi connectivity index (χ1) is 21.4. The molecule has 2 N–H and O–H groups in total. The van der Waals surface area contributed by atoms with Gasteiger partial charge in [0.05, 0.1) is 11.6 Å². The molecule has 2 aliphatic rings. The van der Waals surface area contributed by atoms with E-state index in [1.54, 1.807) is 0 Å². The lowest BCUT2D eigenvalue weighted by Gasteiger charge is -2.32. The maximum atomic E-state index is 12.7. The van der Waals surface area contributed by atoms with Gasteiger partial charge in [0.15, 0.2) is 0 Å². The average Bonchev–Trinajstić information content (AvgIpc) is 3.05. The molecular weight excluding hydrogens is 554 g/mol. The van der Waals surface area contributed by atoms with E-state index in [1.165, 1.54) is 0 Å². The summed E-state index contributed by atoms with van der Waals surface area (Å²) < 4.78 is 5.76. The lowest BCUT2D eigenvalue weighted by atomic mass is 9.97. The Morgan fingerprint density at radius 3 is 2.41 bits per heavy atom. The molecule has 2 aromatic carbocycles. The quantitative estimate of drug-likeness (QED) is 0.287. The molecule has 4 rings (SSSR count). The molecule has 9 nitrogen and oxygen atoms in total. The Hall–Kier alpha value is -3.43. The minimum Gasteiger partial charge on any atom is -0.446 e. The van der Waals surface area contributed by atoms with Crippen molar-refractivity contribution in [3.8, 4) is 11.1 Å². The van der Waals surface area contributed by atoms with E-state index in [-0.39, 0.29) is 23.8 Å². The molecule has 0 bridgehead atoms. The molecule has 2 fully saturated rings. The number of likely N-dealkylation sites (tertiary alicyclic amines) is 2. The zero-order valence-electron chi connectivity index (χ0n) is 26.6. The number of piperidine rings is 2. The van der Waals surface area contributed by atoms with E-state index in [0.717, 1.165) is 101 Å². The SMILES string of the molecule is CCNC(=O)[C@@H]1CCCN(CCCCCC(=O)N(C)CCN2CCC(OC(=O)Nc3ccccc3-c3ccccc3)CC2)C1. The van der Waals surface area contributed by atoms with E-state index in [9.17, 15) is 14.4 Å². The van der Waals surface area contributed by atoms with Crippen molar-refractivity contribution in [3.05, 3.63) is 54.6 Å². The Labute approximate surface area is 263 Å². The smallest absolute Gasteiger partial charge is 0.411 e. The molecule has 1 atom stereocenters. The van der Waals surface area contributed by atoms with Gasteiger partial charge in [0, 0.05) is 58.3 Å². The van der Waals surface area contributed by atoms with Gasteiger partial charge in [-0.1, -0.05) is 55.0 Å². The van der Waals surface area contributed by atoms with Crippen molar-refractivity contribution in [1.82, 2.24) is 20.0 Å². The van der Waals surface area contributed by atoms with Crippen molar-refractivity contribution in [1.29, 1.82) is 0 Å². The van der Waals surface area contributed by atoms with E-state index in [1.807, 2.05) is 73.5 Å². The molecule has 9 heteroatoms. The van der Waals surface area contributed by atoms with E-state index in [0.29, 0.717) is 19.5 Å². The molecule has 0 aromatic heterocycles. The highest BCUT2D eigenvalue weighted by molar-refractivity contribution is 5.91. The van der Waals surface area contributed by atoms with E-state index >= 15 is 0 Å². The number of benzene rings is 2. The highest BCUT2D eigenvalue weighted by Crippen LogP contribution is 2.28. The number of nitrogens with zero attached hydrogens (tertiary/aromatic N) is 3. The third-order valence-corrected chi connectivity index (χ3v) is 8.83. The fourth-order valence-corrected chi connectivity index (χ4v) is 6.19. The Bertz CT molecular complexity index is 1180. The van der Waals surface area contributed by atoms with Crippen molar-refractivity contribution < 1.29 is 19.1 Å². The van der Waals surface area contributed by atoms with Gasteiger partial charge in [-0.25, -0.2) is 4.79 Å². The van der Waals surface area contributed by atoms with Gasteiger partial charge in [0.2, 0.25) is 11.8 Å². The van der Waals surface area contributed by atoms with Crippen LogP contribution in [0.15, 0.2) is 54.6 Å². The van der Waals surface area contributed by atoms with Crippen molar-refractivity contribution in [2.24, 2.45) is 5.92 Å². The normalized spacial score (nSPS) is 18.0. The van der Waals surface area contributed by atoms with Gasteiger partial charge in [-0.3, -0.25) is 14.9 Å². The molecule has 0 saturated carbocycles. The van der Waals surface area contributed by atoms with Gasteiger partial charge in [0.1, 0.15) is 6.10 Å². The summed E-state index contributed by atoms with van der Waals surface area (Å²) in [6, 6.07) is 17.7. The molecule has 44 heavy (non-hydrogen) atoms. The summed E-state index contributed by atoms with van der Waals surface area (Å²) in [6.07, 6.45) is 6.67. The number of para-hydroxylation sites is 1. The van der Waals surface area contributed by atoms with Crippen LogP contribution in [0.25, 0.3) is 11.1 Å². The van der Waals surface area contributed by atoms with E-state index < -0.39 is 6.09 Å². The van der Waals surface area contributed by atoms with Crippen LogP contribution in [0.1, 0.15) is 58.3 Å². The number of hydrogen-bond acceptors (Lipinski definition) is 6. The molecule has 2 aliphatic heterocycles. The maximum absolute atomic E-state index is 12.7. The molecule has 240 valence electrons. The first-order valence-electron chi connectivity index (χ1n) is 16.5. The maximum Gasteiger partial charge on any atom is 0.411 e. The number of carbonyl (C=O) groups excluding carboxylic acids is 3. The zero-order chi connectivity index (χ0) is 31.1. The van der Waals surface area contributed by atoms with Crippen LogP contribution in [-0.4, -0.2) is 98.1 Å². The summed E-state index contributed by atoms with van der Waals surface area (Å²) in [4.78, 5) is 44.1. The van der Waals surface area contributed by atoms with Gasteiger partial charge < -0.3 is 24.8 Å². The number of likely N-dealkylation sites (N-methyl/N-ethyl adjacent to an activating group) is 1. The van der Waals surface area contributed by atoms with Gasteiger partial charge in [-0.05, 0) is 70.2 Å². The predicted octanol–water partition coefficient (Wildman–Crippen LogP) is 5.23. The number of rotatable bonds is 14. The highest BCUT2D eigenvalue weighted by atomic mass is 16.6. The summed E-state index contributed by atoms with van der Waals surface area (Å²) in [5.41, 5.74) is 2.74. The molecule has 2 aromatic rings. The van der Waals surface area contributed by atoms with Gasteiger partial charge in [0.25, 0.3) is 0 Å². The fourth-order valence-electron chi connectivity index (χ4n) is 6.19. The number of carbonyl (C=O) groups is 3. The van der Waals surface area contributed by atoms with Crippen molar-refractivity contribution >= 4 is 23.6 Å². The van der Waals surface area contributed by atoms with Crippen molar-refractivity contribution in [2.75, 3.05) is 64.7 Å². The van der Waals surface area contributed by atoms with Gasteiger partial charge in [-0.15, -0.1) is 0 Å². The van der Waals surface area contributed by atoms with Crippen LogP contribution in [0.5, 0.6) is 0 Å². The second kappa shape index (κ2) is 17.8. The van der Waals surface area contributed by atoms with Crippen LogP contribution in [-0.2, 0) is 14.3 Å². The van der Waals surface area contributed by atoms with Gasteiger partial charge >= 0.3 is 6.09 Å². The van der Waals surface area contributed by atoms with Crippen LogP contribution >= 0.6 is 0 Å². The van der Waals surface area contributed by atoms with Crippen LogP contribution in [0.3, 0.4) is 0 Å². The molecule has 2 heterocycles. The van der Waals surface area contributed by atoms with Gasteiger partial charge in [-0.2, -0.15) is 0 Å². The Balaban J connectivity index is 1.06. The molecule has 2 saturated heterocycles. The Morgan fingerprint density at radius 1 is 0.886 bits per heavy atom. The number of ether oxygens (including phenoxy) is 1. The summed E-state index contributed by atoms with van der Waals surface area (Å²) in [5, 5.41) is 5.89. The molecular formula is C35H51N5O4. The summed E-state index contributed by atoms with van der Waals surface area (Å²) in [5.74, 6) is 0.502. The summed E-state index contributed by atoms with van der Waals surface area (Å²) >= 11 is 0. The minimum absolute atomic E-state index is 0.112. The van der Waals surface area contributed by atoms with Crippen LogP contribution in [0.2, 0.25) is 0 Å². The molecule has 3 amide bonds. The van der Waals surface area contributed by atoms with E-state index in [4.69, 9.17) is 4.74 Å². The zero-order valence-corrected chi connectivity index (χ0v) is 26.6. The first kappa shape index (κ1) is 33.5. The number of anilines is 1.